The molecule has 1 heterocycles. The summed E-state index contributed by atoms with van der Waals surface area (Å²) in [5.41, 5.74) is 3.77. The van der Waals surface area contributed by atoms with Crippen LogP contribution < -0.4 is 5.32 Å². The Morgan fingerprint density at radius 3 is 2.70 bits per heavy atom. The van der Waals surface area contributed by atoms with Gasteiger partial charge >= 0.3 is 0 Å². The van der Waals surface area contributed by atoms with Crippen LogP contribution in [0.15, 0.2) is 71.5 Å². The fourth-order valence-electron chi connectivity index (χ4n) is 2.13. The molecule has 2 atom stereocenters. The van der Waals surface area contributed by atoms with Gasteiger partial charge in [0.05, 0.1) is 0 Å². The Morgan fingerprint density at radius 1 is 1.55 bits per heavy atom. The summed E-state index contributed by atoms with van der Waals surface area (Å²) in [7, 11) is 0. The summed E-state index contributed by atoms with van der Waals surface area (Å²) in [5.74, 6) is 0. The Hall–Kier alpha value is -1.54. The predicted molar refractivity (Wildman–Crippen MR) is 86.4 cm³/mol. The van der Waals surface area contributed by atoms with Crippen LogP contribution in [0.4, 0.5) is 4.39 Å². The van der Waals surface area contributed by atoms with E-state index in [9.17, 15) is 4.39 Å². The van der Waals surface area contributed by atoms with Crippen molar-refractivity contribution in [2.45, 2.75) is 32.5 Å². The highest BCUT2D eigenvalue weighted by Crippen LogP contribution is 2.34. The van der Waals surface area contributed by atoms with E-state index in [1.807, 2.05) is 26.1 Å². The van der Waals surface area contributed by atoms with Crippen molar-refractivity contribution in [2.75, 3.05) is 0 Å². The van der Waals surface area contributed by atoms with Gasteiger partial charge in [-0.15, -0.1) is 0 Å². The SMILES string of the molecule is C=CC(F)C=C/C(CC)=C1/C(C(=C)C(=C)Cl)=CNC1C. The normalized spacial score (nSPS) is 22.2. The van der Waals surface area contributed by atoms with Gasteiger partial charge in [0.1, 0.15) is 6.17 Å². The quantitative estimate of drug-likeness (QED) is 0.539. The summed E-state index contributed by atoms with van der Waals surface area (Å²) < 4.78 is 13.3. The van der Waals surface area contributed by atoms with E-state index in [1.165, 1.54) is 12.2 Å². The smallest absolute Gasteiger partial charge is 0.137 e. The highest BCUT2D eigenvalue weighted by molar-refractivity contribution is 6.32. The molecule has 1 aliphatic rings. The van der Waals surface area contributed by atoms with Crippen molar-refractivity contribution < 1.29 is 4.39 Å². The standard InChI is InChI=1S/C17H21ClFN/c1-6-14(8-9-15(19)7-2)17-13(5)20-10-16(17)11(3)12(4)18/h7-10,13,15,20H,2-4,6H2,1,5H3/b9-8?,17-14+. The molecule has 2 unspecified atom stereocenters. The van der Waals surface area contributed by atoms with Gasteiger partial charge in [-0.1, -0.05) is 50.4 Å². The molecule has 0 spiro atoms. The van der Waals surface area contributed by atoms with E-state index < -0.39 is 6.17 Å². The van der Waals surface area contributed by atoms with Crippen LogP contribution in [-0.2, 0) is 0 Å². The summed E-state index contributed by atoms with van der Waals surface area (Å²) in [6.45, 7) is 15.2. The van der Waals surface area contributed by atoms with E-state index in [-0.39, 0.29) is 6.04 Å². The minimum absolute atomic E-state index is 0.138. The molecule has 0 saturated heterocycles. The van der Waals surface area contributed by atoms with Crippen LogP contribution in [0, 0.1) is 0 Å². The Labute approximate surface area is 125 Å². The third kappa shape index (κ3) is 3.73. The molecule has 0 bridgehead atoms. The average Bonchev–Trinajstić information content (AvgIpc) is 2.80. The third-order valence-corrected chi connectivity index (χ3v) is 3.51. The van der Waals surface area contributed by atoms with Gasteiger partial charge in [-0.3, -0.25) is 0 Å². The molecule has 0 aromatic heterocycles. The minimum Gasteiger partial charge on any atom is -0.384 e. The van der Waals surface area contributed by atoms with Crippen LogP contribution in [0.2, 0.25) is 0 Å². The van der Waals surface area contributed by atoms with E-state index in [4.69, 9.17) is 11.6 Å². The van der Waals surface area contributed by atoms with Crippen molar-refractivity contribution in [3.8, 4) is 0 Å². The highest BCUT2D eigenvalue weighted by atomic mass is 35.5. The lowest BCUT2D eigenvalue weighted by Gasteiger charge is -2.15. The minimum atomic E-state index is -1.14. The molecule has 0 aromatic carbocycles. The number of hydrogen-bond acceptors (Lipinski definition) is 1. The van der Waals surface area contributed by atoms with Gasteiger partial charge < -0.3 is 5.32 Å². The summed E-state index contributed by atoms with van der Waals surface area (Å²) in [4.78, 5) is 0. The molecule has 0 fully saturated rings. The van der Waals surface area contributed by atoms with Gasteiger partial charge in [-0.05, 0) is 36.1 Å². The topological polar surface area (TPSA) is 12.0 Å². The molecule has 1 aliphatic heterocycles. The van der Waals surface area contributed by atoms with Crippen LogP contribution in [0.1, 0.15) is 20.3 Å². The maximum Gasteiger partial charge on any atom is 0.137 e. The van der Waals surface area contributed by atoms with E-state index in [2.05, 4.69) is 25.1 Å². The number of allylic oxidation sites excluding steroid dienone is 6. The van der Waals surface area contributed by atoms with Gasteiger partial charge in [-0.25, -0.2) is 4.39 Å². The lowest BCUT2D eigenvalue weighted by atomic mass is 9.91. The van der Waals surface area contributed by atoms with E-state index >= 15 is 0 Å². The molecular formula is C17H21ClFN. The van der Waals surface area contributed by atoms with Crippen molar-refractivity contribution in [3.05, 3.63) is 71.5 Å². The van der Waals surface area contributed by atoms with Crippen LogP contribution in [-0.4, -0.2) is 12.2 Å². The Bertz CT molecular complexity index is 511. The van der Waals surface area contributed by atoms with Gasteiger partial charge in [-0.2, -0.15) is 0 Å². The average molecular weight is 294 g/mol. The zero-order chi connectivity index (χ0) is 15.3. The summed E-state index contributed by atoms with van der Waals surface area (Å²) in [6, 6.07) is 0.138. The van der Waals surface area contributed by atoms with Crippen LogP contribution in [0.25, 0.3) is 0 Å². The molecule has 0 aliphatic carbocycles. The van der Waals surface area contributed by atoms with Gasteiger partial charge in [0.2, 0.25) is 0 Å². The van der Waals surface area contributed by atoms with E-state index in [1.54, 1.807) is 0 Å². The maximum absolute atomic E-state index is 13.3. The Balaban J connectivity index is 3.20. The van der Waals surface area contributed by atoms with Gasteiger partial charge in [0.25, 0.3) is 0 Å². The first kappa shape index (κ1) is 16.5. The monoisotopic (exact) mass is 293 g/mol. The maximum atomic E-state index is 13.3. The molecule has 0 radical (unpaired) electrons. The molecule has 20 heavy (non-hydrogen) atoms. The van der Waals surface area contributed by atoms with Crippen molar-refractivity contribution >= 4 is 11.6 Å². The second kappa shape index (κ2) is 7.30. The lowest BCUT2D eigenvalue weighted by Crippen LogP contribution is -2.17. The zero-order valence-corrected chi connectivity index (χ0v) is 12.8. The van der Waals surface area contributed by atoms with Crippen LogP contribution >= 0.6 is 11.6 Å². The first-order chi connectivity index (χ1) is 9.42. The summed E-state index contributed by atoms with van der Waals surface area (Å²) in [6.07, 6.45) is 6.12. The van der Waals surface area contributed by atoms with Crippen molar-refractivity contribution in [2.24, 2.45) is 0 Å². The molecule has 0 amide bonds. The van der Waals surface area contributed by atoms with Crippen molar-refractivity contribution in [1.29, 1.82) is 0 Å². The fraction of sp³-hybridized carbons (Fsp3) is 0.294. The summed E-state index contributed by atoms with van der Waals surface area (Å²) in [5, 5.41) is 3.66. The lowest BCUT2D eigenvalue weighted by molar-refractivity contribution is 0.469. The number of halogens is 2. The van der Waals surface area contributed by atoms with Crippen LogP contribution in [0.5, 0.6) is 0 Å². The molecular weight excluding hydrogens is 273 g/mol. The fourth-order valence-corrected chi connectivity index (χ4v) is 2.24. The van der Waals surface area contributed by atoms with Gasteiger partial charge in [0, 0.05) is 22.8 Å². The number of alkyl halides is 1. The van der Waals surface area contributed by atoms with Crippen molar-refractivity contribution in [1.82, 2.24) is 5.32 Å². The van der Waals surface area contributed by atoms with Gasteiger partial charge in [0.15, 0.2) is 0 Å². The molecule has 108 valence electrons. The molecule has 1 rings (SSSR count). The first-order valence-electron chi connectivity index (χ1n) is 6.60. The number of hydrogen-bond donors (Lipinski definition) is 1. The third-order valence-electron chi connectivity index (χ3n) is 3.29. The molecule has 1 nitrogen and oxygen atoms in total. The largest absolute Gasteiger partial charge is 0.384 e. The zero-order valence-electron chi connectivity index (χ0n) is 12.0. The summed E-state index contributed by atoms with van der Waals surface area (Å²) >= 11 is 5.94. The Kier molecular flexibility index (Phi) is 6.03. The van der Waals surface area contributed by atoms with E-state index in [0.29, 0.717) is 10.6 Å². The molecule has 3 heteroatoms. The number of nitrogens with one attached hydrogen (secondary N) is 1. The van der Waals surface area contributed by atoms with Crippen molar-refractivity contribution in [3.63, 3.8) is 0 Å². The van der Waals surface area contributed by atoms with E-state index in [0.717, 1.165) is 23.1 Å². The first-order valence-corrected chi connectivity index (χ1v) is 6.98. The van der Waals surface area contributed by atoms with Crippen LogP contribution in [0.3, 0.4) is 0 Å². The number of rotatable bonds is 6. The predicted octanol–water partition coefficient (Wildman–Crippen LogP) is 4.96. The second-order valence-electron chi connectivity index (χ2n) is 4.66. The molecule has 0 saturated carbocycles. The molecule has 1 N–H and O–H groups in total. The molecule has 0 aromatic rings. The second-order valence-corrected chi connectivity index (χ2v) is 5.12. The highest BCUT2D eigenvalue weighted by Gasteiger charge is 2.24. The Morgan fingerprint density at radius 2 is 2.20 bits per heavy atom.